The van der Waals surface area contributed by atoms with Gasteiger partial charge >= 0.3 is 5.97 Å². The minimum absolute atomic E-state index is 0.277. The lowest BCUT2D eigenvalue weighted by Gasteiger charge is -2.15. The van der Waals surface area contributed by atoms with Crippen molar-refractivity contribution in [3.63, 3.8) is 0 Å². The number of methoxy groups -OCH3 is 3. The zero-order chi connectivity index (χ0) is 17.1. The first-order valence-corrected chi connectivity index (χ1v) is 6.70. The van der Waals surface area contributed by atoms with Crippen molar-refractivity contribution < 1.29 is 24.1 Å². The normalized spacial score (nSPS) is 10.3. The number of carboxylic acid groups (broad SMARTS) is 1. The monoisotopic (exact) mass is 319 g/mol. The highest BCUT2D eigenvalue weighted by Gasteiger charge is 2.18. The molecular formula is C16H17NO6. The van der Waals surface area contributed by atoms with Gasteiger partial charge in [0.15, 0.2) is 11.5 Å². The lowest BCUT2D eigenvalue weighted by Crippen LogP contribution is -2.26. The molecule has 1 aromatic heterocycles. The number of aromatic nitrogens is 1. The molecule has 0 radical (unpaired) electrons. The minimum Gasteiger partial charge on any atom is -0.493 e. The molecule has 0 saturated carbocycles. The Morgan fingerprint density at radius 3 is 2.09 bits per heavy atom. The quantitative estimate of drug-likeness (QED) is 0.905. The topological polar surface area (TPSA) is 87.0 Å². The van der Waals surface area contributed by atoms with Crippen LogP contribution in [-0.4, -0.2) is 37.0 Å². The van der Waals surface area contributed by atoms with Crippen LogP contribution in [0.3, 0.4) is 0 Å². The summed E-state index contributed by atoms with van der Waals surface area (Å²) in [5.41, 5.74) is -0.105. The number of hydrogen-bond donors (Lipinski definition) is 1. The van der Waals surface area contributed by atoms with Crippen LogP contribution in [0.2, 0.25) is 0 Å². The molecule has 2 rings (SSSR count). The van der Waals surface area contributed by atoms with Crippen LogP contribution in [0.5, 0.6) is 17.2 Å². The molecule has 1 N–H and O–H groups in total. The number of ether oxygens (including phenoxy) is 3. The van der Waals surface area contributed by atoms with Gasteiger partial charge in [0.1, 0.15) is 5.56 Å². The third kappa shape index (κ3) is 2.85. The SMILES string of the molecule is COc1cc(-n2ccc(C)c(C(=O)O)c2=O)cc(OC)c1OC. The number of hydrogen-bond acceptors (Lipinski definition) is 5. The molecule has 0 saturated heterocycles. The van der Waals surface area contributed by atoms with Crippen LogP contribution in [0.4, 0.5) is 0 Å². The number of pyridine rings is 1. The Kier molecular flexibility index (Phi) is 4.59. The van der Waals surface area contributed by atoms with E-state index in [2.05, 4.69) is 0 Å². The number of rotatable bonds is 5. The Hall–Kier alpha value is -2.96. The Morgan fingerprint density at radius 1 is 1.09 bits per heavy atom. The van der Waals surface area contributed by atoms with Crippen LogP contribution in [0.25, 0.3) is 5.69 Å². The van der Waals surface area contributed by atoms with Gasteiger partial charge in [-0.15, -0.1) is 0 Å². The molecule has 0 aliphatic heterocycles. The van der Waals surface area contributed by atoms with E-state index in [0.29, 0.717) is 28.5 Å². The van der Waals surface area contributed by atoms with E-state index in [1.165, 1.54) is 32.1 Å². The number of carbonyl (C=O) groups is 1. The predicted molar refractivity (Wildman–Crippen MR) is 83.4 cm³/mol. The van der Waals surface area contributed by atoms with Gasteiger partial charge in [-0.1, -0.05) is 0 Å². The summed E-state index contributed by atoms with van der Waals surface area (Å²) in [4.78, 5) is 23.7. The van der Waals surface area contributed by atoms with Crippen molar-refractivity contribution in [2.75, 3.05) is 21.3 Å². The van der Waals surface area contributed by atoms with Crippen molar-refractivity contribution >= 4 is 5.97 Å². The van der Waals surface area contributed by atoms with Crippen LogP contribution in [-0.2, 0) is 0 Å². The lowest BCUT2D eigenvalue weighted by molar-refractivity contribution is 0.0693. The Labute approximate surface area is 132 Å². The zero-order valence-corrected chi connectivity index (χ0v) is 13.2. The fourth-order valence-corrected chi connectivity index (χ4v) is 2.30. The van der Waals surface area contributed by atoms with E-state index in [1.807, 2.05) is 0 Å². The summed E-state index contributed by atoms with van der Waals surface area (Å²) in [6.45, 7) is 1.57. The average Bonchev–Trinajstić information content (AvgIpc) is 2.53. The van der Waals surface area contributed by atoms with E-state index in [1.54, 1.807) is 25.1 Å². The average molecular weight is 319 g/mol. The van der Waals surface area contributed by atoms with Crippen LogP contribution in [0, 0.1) is 6.92 Å². The molecule has 0 amide bonds. The first-order valence-electron chi connectivity index (χ1n) is 6.70. The molecule has 23 heavy (non-hydrogen) atoms. The summed E-state index contributed by atoms with van der Waals surface area (Å²) in [5.74, 6) is -0.149. The van der Waals surface area contributed by atoms with Crippen molar-refractivity contribution in [3.05, 3.63) is 45.9 Å². The van der Waals surface area contributed by atoms with Gasteiger partial charge in [-0.25, -0.2) is 4.79 Å². The van der Waals surface area contributed by atoms with Gasteiger partial charge in [0.05, 0.1) is 27.0 Å². The highest BCUT2D eigenvalue weighted by atomic mass is 16.5. The smallest absolute Gasteiger partial charge is 0.341 e. The van der Waals surface area contributed by atoms with Gasteiger partial charge < -0.3 is 19.3 Å². The molecule has 1 aromatic carbocycles. The van der Waals surface area contributed by atoms with E-state index >= 15 is 0 Å². The number of nitrogens with zero attached hydrogens (tertiary/aromatic N) is 1. The molecule has 0 fully saturated rings. The lowest BCUT2D eigenvalue weighted by atomic mass is 10.1. The molecule has 7 heteroatoms. The second-order valence-electron chi connectivity index (χ2n) is 4.74. The molecule has 0 aliphatic rings. The molecule has 7 nitrogen and oxygen atoms in total. The maximum Gasteiger partial charge on any atom is 0.341 e. The maximum atomic E-state index is 12.5. The largest absolute Gasteiger partial charge is 0.493 e. The summed E-state index contributed by atoms with van der Waals surface area (Å²) in [6, 6.07) is 4.71. The van der Waals surface area contributed by atoms with Crippen LogP contribution in [0.1, 0.15) is 15.9 Å². The minimum atomic E-state index is -1.27. The van der Waals surface area contributed by atoms with Gasteiger partial charge in [-0.2, -0.15) is 0 Å². The van der Waals surface area contributed by atoms with E-state index < -0.39 is 11.5 Å². The van der Waals surface area contributed by atoms with Crippen LogP contribution >= 0.6 is 0 Å². The standard InChI is InChI=1S/C16H17NO6/c1-9-5-6-17(15(18)13(9)16(19)20)10-7-11(21-2)14(23-4)12(8-10)22-3/h5-8H,1-4H3,(H,19,20). The highest BCUT2D eigenvalue weighted by molar-refractivity contribution is 5.88. The van der Waals surface area contributed by atoms with Crippen molar-refractivity contribution in [1.82, 2.24) is 4.57 Å². The van der Waals surface area contributed by atoms with Gasteiger partial charge in [-0.3, -0.25) is 9.36 Å². The Morgan fingerprint density at radius 2 is 1.65 bits per heavy atom. The van der Waals surface area contributed by atoms with Crippen molar-refractivity contribution in [1.29, 1.82) is 0 Å². The maximum absolute atomic E-state index is 12.5. The second kappa shape index (κ2) is 6.43. The van der Waals surface area contributed by atoms with Crippen molar-refractivity contribution in [2.24, 2.45) is 0 Å². The first-order chi connectivity index (χ1) is 10.9. The number of benzene rings is 1. The summed E-state index contributed by atoms with van der Waals surface area (Å²) in [7, 11) is 4.39. The molecule has 122 valence electrons. The summed E-state index contributed by atoms with van der Waals surface area (Å²) < 4.78 is 16.9. The molecule has 0 aliphatic carbocycles. The fraction of sp³-hybridized carbons (Fsp3) is 0.250. The summed E-state index contributed by atoms with van der Waals surface area (Å²) in [6.07, 6.45) is 1.50. The molecular weight excluding hydrogens is 302 g/mol. The molecule has 0 spiro atoms. The van der Waals surface area contributed by atoms with Crippen LogP contribution in [0.15, 0.2) is 29.2 Å². The van der Waals surface area contributed by atoms with Gasteiger partial charge in [-0.05, 0) is 18.6 Å². The number of aromatic carboxylic acids is 1. The van der Waals surface area contributed by atoms with Crippen molar-refractivity contribution in [2.45, 2.75) is 6.92 Å². The molecule has 2 aromatic rings. The van der Waals surface area contributed by atoms with E-state index in [4.69, 9.17) is 14.2 Å². The van der Waals surface area contributed by atoms with Crippen molar-refractivity contribution in [3.8, 4) is 22.9 Å². The zero-order valence-electron chi connectivity index (χ0n) is 13.2. The summed E-state index contributed by atoms with van der Waals surface area (Å²) >= 11 is 0. The predicted octanol–water partition coefficient (Wildman–Crippen LogP) is 1.87. The van der Waals surface area contributed by atoms with E-state index in [0.717, 1.165) is 0 Å². The van der Waals surface area contributed by atoms with Gasteiger partial charge in [0.2, 0.25) is 5.75 Å². The van der Waals surface area contributed by atoms with E-state index in [9.17, 15) is 14.7 Å². The second-order valence-corrected chi connectivity index (χ2v) is 4.74. The third-order valence-electron chi connectivity index (χ3n) is 3.44. The molecule has 1 heterocycles. The van der Waals surface area contributed by atoms with Gasteiger partial charge in [0.25, 0.3) is 5.56 Å². The molecule has 0 bridgehead atoms. The highest BCUT2D eigenvalue weighted by Crippen LogP contribution is 2.39. The fourth-order valence-electron chi connectivity index (χ4n) is 2.30. The molecule has 0 atom stereocenters. The van der Waals surface area contributed by atoms with E-state index in [-0.39, 0.29) is 5.56 Å². The first kappa shape index (κ1) is 16.4. The summed E-state index contributed by atoms with van der Waals surface area (Å²) in [5, 5.41) is 9.22. The Bertz CT molecular complexity index is 784. The Balaban J connectivity index is 2.75. The van der Waals surface area contributed by atoms with Gasteiger partial charge in [0, 0.05) is 18.3 Å². The molecule has 0 unspecified atom stereocenters. The third-order valence-corrected chi connectivity index (χ3v) is 3.44. The number of carboxylic acids is 1. The van der Waals surface area contributed by atoms with Crippen LogP contribution < -0.4 is 19.8 Å². The number of aryl methyl sites for hydroxylation is 1.